The molecule has 114 valence electrons. The second kappa shape index (κ2) is 8.27. The molecule has 0 heterocycles. The zero-order valence-electron chi connectivity index (χ0n) is 12.6. The van der Waals surface area contributed by atoms with E-state index in [9.17, 15) is 8.42 Å². The molecule has 0 aromatic heterocycles. The van der Waals surface area contributed by atoms with Gasteiger partial charge in [-0.15, -0.1) is 0 Å². The molecule has 0 spiro atoms. The highest BCUT2D eigenvalue weighted by Gasteiger charge is 2.11. The van der Waals surface area contributed by atoms with Crippen LogP contribution in [0.15, 0.2) is 29.2 Å². The van der Waals surface area contributed by atoms with Crippen LogP contribution in [0.5, 0.6) is 5.75 Å². The number of hydrogen-bond acceptors (Lipinski definition) is 4. The summed E-state index contributed by atoms with van der Waals surface area (Å²) in [5.74, 6) is 0.717. The summed E-state index contributed by atoms with van der Waals surface area (Å²) >= 11 is 0. The van der Waals surface area contributed by atoms with E-state index < -0.39 is 9.84 Å². The number of ether oxygens (including phenoxy) is 1. The second-order valence-electron chi connectivity index (χ2n) is 4.98. The highest BCUT2D eigenvalue weighted by atomic mass is 32.2. The van der Waals surface area contributed by atoms with Crippen LogP contribution >= 0.6 is 0 Å². The summed E-state index contributed by atoms with van der Waals surface area (Å²) < 4.78 is 28.7. The molecule has 1 aromatic carbocycles. The van der Waals surface area contributed by atoms with Gasteiger partial charge < -0.3 is 10.1 Å². The predicted molar refractivity (Wildman–Crippen MR) is 82.0 cm³/mol. The van der Waals surface area contributed by atoms with E-state index in [1.54, 1.807) is 24.3 Å². The van der Waals surface area contributed by atoms with E-state index >= 15 is 0 Å². The number of benzene rings is 1. The van der Waals surface area contributed by atoms with Gasteiger partial charge in [-0.1, -0.05) is 20.3 Å². The first-order chi connectivity index (χ1) is 9.47. The number of rotatable bonds is 9. The van der Waals surface area contributed by atoms with E-state index in [4.69, 9.17) is 4.74 Å². The largest absolute Gasteiger partial charge is 0.489 e. The van der Waals surface area contributed by atoms with Crippen LogP contribution in [0.3, 0.4) is 0 Å². The lowest BCUT2D eigenvalue weighted by Gasteiger charge is -2.19. The van der Waals surface area contributed by atoms with Crippen molar-refractivity contribution in [3.8, 4) is 5.75 Å². The first-order valence-corrected chi connectivity index (χ1v) is 9.04. The third kappa shape index (κ3) is 5.92. The Labute approximate surface area is 122 Å². The summed E-state index contributed by atoms with van der Waals surface area (Å²) in [6.45, 7) is 6.06. The van der Waals surface area contributed by atoms with Crippen molar-refractivity contribution in [1.82, 2.24) is 5.32 Å². The summed E-state index contributed by atoms with van der Waals surface area (Å²) in [7, 11) is -3.14. The van der Waals surface area contributed by atoms with Crippen LogP contribution in [-0.4, -0.2) is 33.9 Å². The van der Waals surface area contributed by atoms with Gasteiger partial charge in [-0.25, -0.2) is 8.42 Å². The third-order valence-electron chi connectivity index (χ3n) is 2.96. The molecule has 0 aliphatic carbocycles. The van der Waals surface area contributed by atoms with Crippen molar-refractivity contribution in [2.45, 2.75) is 44.1 Å². The molecule has 1 unspecified atom stereocenters. The van der Waals surface area contributed by atoms with E-state index in [1.807, 2.05) is 0 Å². The Bertz CT molecular complexity index is 482. The van der Waals surface area contributed by atoms with Crippen molar-refractivity contribution in [1.29, 1.82) is 0 Å². The zero-order valence-corrected chi connectivity index (χ0v) is 13.4. The molecule has 20 heavy (non-hydrogen) atoms. The molecule has 5 heteroatoms. The van der Waals surface area contributed by atoms with Crippen LogP contribution in [0, 0.1) is 0 Å². The fourth-order valence-corrected chi connectivity index (χ4v) is 2.55. The molecule has 1 atom stereocenters. The van der Waals surface area contributed by atoms with Gasteiger partial charge in [-0.3, -0.25) is 0 Å². The van der Waals surface area contributed by atoms with Gasteiger partial charge in [0, 0.05) is 12.8 Å². The molecule has 0 bridgehead atoms. The topological polar surface area (TPSA) is 55.4 Å². The summed E-state index contributed by atoms with van der Waals surface area (Å²) in [6, 6.07) is 6.62. The Morgan fingerprint density at radius 1 is 1.15 bits per heavy atom. The van der Waals surface area contributed by atoms with Crippen molar-refractivity contribution >= 4 is 9.84 Å². The molecule has 0 radical (unpaired) electrons. The SMILES string of the molecule is CCCNCC(CCC)Oc1ccc(S(C)(=O)=O)cc1. The maximum atomic E-state index is 11.4. The first kappa shape index (κ1) is 17.0. The Hall–Kier alpha value is -1.07. The molecular weight excluding hydrogens is 274 g/mol. The van der Waals surface area contributed by atoms with Crippen LogP contribution in [0.2, 0.25) is 0 Å². The average molecular weight is 299 g/mol. The molecular formula is C15H25NO3S. The maximum Gasteiger partial charge on any atom is 0.175 e. The van der Waals surface area contributed by atoms with E-state index in [2.05, 4.69) is 19.2 Å². The van der Waals surface area contributed by atoms with E-state index in [1.165, 1.54) is 6.26 Å². The van der Waals surface area contributed by atoms with Crippen LogP contribution in [0.1, 0.15) is 33.1 Å². The molecule has 0 saturated carbocycles. The highest BCUT2D eigenvalue weighted by molar-refractivity contribution is 7.90. The van der Waals surface area contributed by atoms with E-state index in [0.717, 1.165) is 32.4 Å². The van der Waals surface area contributed by atoms with Gasteiger partial charge >= 0.3 is 0 Å². The van der Waals surface area contributed by atoms with Crippen LogP contribution < -0.4 is 10.1 Å². The summed E-state index contributed by atoms with van der Waals surface area (Å²) in [5, 5.41) is 3.35. The van der Waals surface area contributed by atoms with Gasteiger partial charge in [0.2, 0.25) is 0 Å². The smallest absolute Gasteiger partial charge is 0.175 e. The maximum absolute atomic E-state index is 11.4. The lowest BCUT2D eigenvalue weighted by molar-refractivity contribution is 0.186. The molecule has 0 amide bonds. The standard InChI is InChI=1S/C15H25NO3S/c1-4-6-14(12-16-11-5-2)19-13-7-9-15(10-8-13)20(3,17)18/h7-10,14,16H,4-6,11-12H2,1-3H3. The monoisotopic (exact) mass is 299 g/mol. The second-order valence-corrected chi connectivity index (χ2v) is 6.99. The lowest BCUT2D eigenvalue weighted by Crippen LogP contribution is -2.31. The van der Waals surface area contributed by atoms with Crippen molar-refractivity contribution in [2.75, 3.05) is 19.3 Å². The molecule has 0 aliphatic rings. The first-order valence-electron chi connectivity index (χ1n) is 7.14. The van der Waals surface area contributed by atoms with Gasteiger partial charge in [0.05, 0.1) is 4.90 Å². The number of hydrogen-bond donors (Lipinski definition) is 1. The molecule has 4 nitrogen and oxygen atoms in total. The summed E-state index contributed by atoms with van der Waals surface area (Å²) in [6.07, 6.45) is 4.46. The minimum Gasteiger partial charge on any atom is -0.489 e. The Morgan fingerprint density at radius 2 is 1.80 bits per heavy atom. The molecule has 0 fully saturated rings. The van der Waals surface area contributed by atoms with Crippen molar-refractivity contribution in [2.24, 2.45) is 0 Å². The van der Waals surface area contributed by atoms with Gasteiger partial charge in [0.25, 0.3) is 0 Å². The van der Waals surface area contributed by atoms with Crippen LogP contribution in [0.25, 0.3) is 0 Å². The number of nitrogens with one attached hydrogen (secondary N) is 1. The van der Waals surface area contributed by atoms with Gasteiger partial charge in [0.1, 0.15) is 11.9 Å². The van der Waals surface area contributed by atoms with Gasteiger partial charge in [-0.05, 0) is 43.7 Å². The Morgan fingerprint density at radius 3 is 2.30 bits per heavy atom. The minimum absolute atomic E-state index is 0.121. The highest BCUT2D eigenvalue weighted by Crippen LogP contribution is 2.18. The van der Waals surface area contributed by atoms with E-state index in [-0.39, 0.29) is 6.10 Å². The van der Waals surface area contributed by atoms with Crippen LogP contribution in [-0.2, 0) is 9.84 Å². The molecule has 1 aromatic rings. The van der Waals surface area contributed by atoms with Crippen LogP contribution in [0.4, 0.5) is 0 Å². The number of sulfone groups is 1. The van der Waals surface area contributed by atoms with E-state index in [0.29, 0.717) is 10.6 Å². The van der Waals surface area contributed by atoms with Gasteiger partial charge in [-0.2, -0.15) is 0 Å². The fourth-order valence-electron chi connectivity index (χ4n) is 1.92. The van der Waals surface area contributed by atoms with Gasteiger partial charge in [0.15, 0.2) is 9.84 Å². The lowest BCUT2D eigenvalue weighted by atomic mass is 10.2. The quantitative estimate of drug-likeness (QED) is 0.712. The van der Waals surface area contributed by atoms with Crippen molar-refractivity contribution in [3.05, 3.63) is 24.3 Å². The molecule has 0 aliphatic heterocycles. The minimum atomic E-state index is -3.14. The fraction of sp³-hybridized carbons (Fsp3) is 0.600. The van der Waals surface area contributed by atoms with Crippen molar-refractivity contribution < 1.29 is 13.2 Å². The summed E-state index contributed by atoms with van der Waals surface area (Å²) in [5.41, 5.74) is 0. The molecule has 1 rings (SSSR count). The van der Waals surface area contributed by atoms with Crippen molar-refractivity contribution in [3.63, 3.8) is 0 Å². The Balaban J connectivity index is 2.63. The third-order valence-corrected chi connectivity index (χ3v) is 4.09. The predicted octanol–water partition coefficient (Wildman–Crippen LogP) is 2.64. The summed E-state index contributed by atoms with van der Waals surface area (Å²) in [4.78, 5) is 0.320. The Kier molecular flexibility index (Phi) is 7.02. The normalized spacial score (nSPS) is 13.2. The molecule has 0 saturated heterocycles. The molecule has 1 N–H and O–H groups in total. The average Bonchev–Trinajstić information content (AvgIpc) is 2.39. The zero-order chi connectivity index (χ0) is 15.0.